The molecule has 9 aromatic rings. The molecule has 0 amide bonds. The molecule has 0 spiro atoms. The average molecular weight is 537 g/mol. The van der Waals surface area contributed by atoms with Gasteiger partial charge in [-0.3, -0.25) is 8.97 Å². The van der Waals surface area contributed by atoms with Crippen molar-refractivity contribution in [3.05, 3.63) is 146 Å². The molecule has 0 fully saturated rings. The van der Waals surface area contributed by atoms with E-state index >= 15 is 0 Å². The second-order valence-corrected chi connectivity index (χ2v) is 10.7. The summed E-state index contributed by atoms with van der Waals surface area (Å²) in [6, 6.07) is 51.2. The average Bonchev–Trinajstić information content (AvgIpc) is 3.65. The molecule has 3 aromatic heterocycles. The minimum atomic E-state index is 0.940. The number of para-hydroxylation sites is 3. The van der Waals surface area contributed by atoms with Gasteiger partial charge in [-0.15, -0.1) is 0 Å². The molecule has 3 heterocycles. The van der Waals surface area contributed by atoms with Gasteiger partial charge in [0.15, 0.2) is 0 Å². The molecule has 4 nitrogen and oxygen atoms in total. The van der Waals surface area contributed by atoms with Crippen LogP contribution >= 0.6 is 0 Å². The third-order valence-electron chi connectivity index (χ3n) is 8.31. The summed E-state index contributed by atoms with van der Waals surface area (Å²) in [6.07, 6.45) is 0. The molecular weight excluding hydrogens is 512 g/mol. The number of aromatic nitrogens is 4. The van der Waals surface area contributed by atoms with Crippen LogP contribution < -0.4 is 0 Å². The van der Waals surface area contributed by atoms with Crippen molar-refractivity contribution in [2.45, 2.75) is 0 Å². The van der Waals surface area contributed by atoms with E-state index in [0.717, 1.165) is 55.9 Å². The van der Waals surface area contributed by atoms with E-state index in [1.54, 1.807) is 0 Å². The maximum atomic E-state index is 5.17. The zero-order valence-corrected chi connectivity index (χ0v) is 22.6. The van der Waals surface area contributed by atoms with Crippen LogP contribution in [-0.4, -0.2) is 18.9 Å². The van der Waals surface area contributed by atoms with E-state index in [1.807, 2.05) is 12.1 Å². The van der Waals surface area contributed by atoms with Crippen LogP contribution in [0.4, 0.5) is 0 Å². The van der Waals surface area contributed by atoms with Gasteiger partial charge in [0.25, 0.3) is 0 Å². The van der Waals surface area contributed by atoms with E-state index in [0.29, 0.717) is 0 Å². The first kappa shape index (κ1) is 23.0. The molecule has 0 radical (unpaired) electrons. The third-order valence-corrected chi connectivity index (χ3v) is 8.31. The van der Waals surface area contributed by atoms with Gasteiger partial charge in [0.1, 0.15) is 11.5 Å². The smallest absolute Gasteiger partial charge is 0.146 e. The van der Waals surface area contributed by atoms with Gasteiger partial charge < -0.3 is 0 Å². The zero-order valence-electron chi connectivity index (χ0n) is 22.6. The summed E-state index contributed by atoms with van der Waals surface area (Å²) in [4.78, 5) is 10.2. The summed E-state index contributed by atoms with van der Waals surface area (Å²) >= 11 is 0. The van der Waals surface area contributed by atoms with Crippen molar-refractivity contribution in [1.29, 1.82) is 0 Å². The maximum Gasteiger partial charge on any atom is 0.146 e. The first-order valence-corrected chi connectivity index (χ1v) is 14.2. The highest BCUT2D eigenvalue weighted by molar-refractivity contribution is 6.13. The Morgan fingerprint density at radius 3 is 1.90 bits per heavy atom. The zero-order chi connectivity index (χ0) is 27.6. The van der Waals surface area contributed by atoms with E-state index in [2.05, 4.69) is 142 Å². The van der Waals surface area contributed by atoms with Crippen molar-refractivity contribution in [3.8, 4) is 28.2 Å². The van der Waals surface area contributed by atoms with Gasteiger partial charge in [0, 0.05) is 22.0 Å². The molecule has 0 unspecified atom stereocenters. The second kappa shape index (κ2) is 8.88. The minimum absolute atomic E-state index is 0.940. The summed E-state index contributed by atoms with van der Waals surface area (Å²) in [5.74, 6) is 0.940. The summed E-state index contributed by atoms with van der Waals surface area (Å²) in [5.41, 5.74) is 10.8. The molecule has 0 saturated heterocycles. The SMILES string of the molecule is c1ccc(-c2nc3ccccc3n2-c2ccc(-c3ccc4c(c3)nc3c5ccccc5c5ccccc5n43)cc2)cc1. The molecular formula is C38H24N4. The minimum Gasteiger partial charge on any atom is -0.292 e. The summed E-state index contributed by atoms with van der Waals surface area (Å²) in [6.45, 7) is 0. The van der Waals surface area contributed by atoms with Crippen LogP contribution in [-0.2, 0) is 0 Å². The molecule has 0 aliphatic rings. The van der Waals surface area contributed by atoms with Crippen molar-refractivity contribution in [1.82, 2.24) is 18.9 Å². The highest BCUT2D eigenvalue weighted by Gasteiger charge is 2.16. The highest BCUT2D eigenvalue weighted by atomic mass is 15.1. The Hall–Kier alpha value is -5.74. The normalized spacial score (nSPS) is 11.8. The highest BCUT2D eigenvalue weighted by Crippen LogP contribution is 2.34. The Balaban J connectivity index is 1.19. The number of hydrogen-bond acceptors (Lipinski definition) is 2. The number of pyridine rings is 1. The van der Waals surface area contributed by atoms with Gasteiger partial charge in [-0.25, -0.2) is 9.97 Å². The fourth-order valence-corrected chi connectivity index (χ4v) is 6.36. The number of rotatable bonds is 3. The molecule has 196 valence electrons. The topological polar surface area (TPSA) is 35.1 Å². The first-order valence-electron chi connectivity index (χ1n) is 14.2. The lowest BCUT2D eigenvalue weighted by molar-refractivity contribution is 1.10. The Labute approximate surface area is 241 Å². The van der Waals surface area contributed by atoms with Crippen LogP contribution in [0.3, 0.4) is 0 Å². The predicted molar refractivity (Wildman–Crippen MR) is 173 cm³/mol. The Morgan fingerprint density at radius 2 is 1.07 bits per heavy atom. The van der Waals surface area contributed by atoms with E-state index in [-0.39, 0.29) is 0 Å². The van der Waals surface area contributed by atoms with Gasteiger partial charge in [-0.05, 0) is 59.0 Å². The lowest BCUT2D eigenvalue weighted by Crippen LogP contribution is -1.97. The number of fused-ring (bicyclic) bond motifs is 9. The van der Waals surface area contributed by atoms with Gasteiger partial charge in [0.05, 0.1) is 27.6 Å². The van der Waals surface area contributed by atoms with Crippen LogP contribution in [0.2, 0.25) is 0 Å². The van der Waals surface area contributed by atoms with E-state index in [4.69, 9.17) is 9.97 Å². The summed E-state index contributed by atoms with van der Waals surface area (Å²) in [5, 5.41) is 3.63. The van der Waals surface area contributed by atoms with E-state index < -0.39 is 0 Å². The second-order valence-electron chi connectivity index (χ2n) is 10.7. The van der Waals surface area contributed by atoms with Crippen molar-refractivity contribution in [2.24, 2.45) is 0 Å². The van der Waals surface area contributed by atoms with Crippen LogP contribution in [0.15, 0.2) is 146 Å². The Morgan fingerprint density at radius 1 is 0.405 bits per heavy atom. The molecule has 9 rings (SSSR count). The van der Waals surface area contributed by atoms with E-state index in [9.17, 15) is 0 Å². The first-order chi connectivity index (χ1) is 20.8. The van der Waals surface area contributed by atoms with Gasteiger partial charge in [-0.1, -0.05) is 103 Å². The summed E-state index contributed by atoms with van der Waals surface area (Å²) in [7, 11) is 0. The van der Waals surface area contributed by atoms with Gasteiger partial charge in [0.2, 0.25) is 0 Å². The molecule has 42 heavy (non-hydrogen) atoms. The number of hydrogen-bond donors (Lipinski definition) is 0. The molecule has 0 atom stereocenters. The predicted octanol–water partition coefficient (Wildman–Crippen LogP) is 9.47. The Kier molecular flexibility index (Phi) is 4.87. The van der Waals surface area contributed by atoms with Crippen LogP contribution in [0.1, 0.15) is 0 Å². The van der Waals surface area contributed by atoms with Crippen LogP contribution in [0, 0.1) is 0 Å². The van der Waals surface area contributed by atoms with Crippen molar-refractivity contribution in [2.75, 3.05) is 0 Å². The standard InChI is InChI=1S/C38H24N4/c1-2-10-26(11-3-1)37-39-32-15-7-9-17-35(32)41(37)28-21-18-25(19-22-28)27-20-23-36-33(24-27)40-38-31-14-5-4-12-29(31)30-13-6-8-16-34(30)42(36)38/h1-24H. The van der Waals surface area contributed by atoms with Crippen molar-refractivity contribution in [3.63, 3.8) is 0 Å². The molecule has 0 aliphatic carbocycles. The van der Waals surface area contributed by atoms with Crippen LogP contribution in [0.25, 0.3) is 77.6 Å². The molecule has 0 aliphatic heterocycles. The monoisotopic (exact) mass is 536 g/mol. The van der Waals surface area contributed by atoms with Crippen LogP contribution in [0.5, 0.6) is 0 Å². The lowest BCUT2D eigenvalue weighted by Gasteiger charge is -2.11. The molecule has 0 N–H and O–H groups in total. The molecule has 0 bridgehead atoms. The van der Waals surface area contributed by atoms with Crippen molar-refractivity contribution >= 4 is 49.4 Å². The summed E-state index contributed by atoms with van der Waals surface area (Å²) < 4.78 is 4.55. The number of benzene rings is 6. The molecule has 4 heteroatoms. The number of nitrogens with zero attached hydrogens (tertiary/aromatic N) is 4. The van der Waals surface area contributed by atoms with E-state index in [1.165, 1.54) is 21.7 Å². The molecule has 6 aromatic carbocycles. The van der Waals surface area contributed by atoms with Gasteiger partial charge in [-0.2, -0.15) is 0 Å². The fraction of sp³-hybridized carbons (Fsp3) is 0. The quantitative estimate of drug-likeness (QED) is 0.211. The van der Waals surface area contributed by atoms with Gasteiger partial charge >= 0.3 is 0 Å². The van der Waals surface area contributed by atoms with Crippen molar-refractivity contribution < 1.29 is 0 Å². The lowest BCUT2D eigenvalue weighted by atomic mass is 10.0. The maximum absolute atomic E-state index is 5.17. The largest absolute Gasteiger partial charge is 0.292 e. The fourth-order valence-electron chi connectivity index (χ4n) is 6.36. The third kappa shape index (κ3) is 3.36. The Bertz CT molecular complexity index is 2450. The molecule has 0 saturated carbocycles. The number of imidazole rings is 2.